The van der Waals surface area contributed by atoms with E-state index < -0.39 is 0 Å². The van der Waals surface area contributed by atoms with Gasteiger partial charge in [0, 0.05) is 96.9 Å². The zero-order chi connectivity index (χ0) is 23.2. The molecule has 0 fully saturated rings. The van der Waals surface area contributed by atoms with E-state index in [0.29, 0.717) is 11.1 Å². The van der Waals surface area contributed by atoms with Crippen molar-refractivity contribution in [3.63, 3.8) is 0 Å². The second-order valence-corrected chi connectivity index (χ2v) is 8.06. The number of carbonyl (C=O) groups is 2. The maximum absolute atomic E-state index is 11.8. The fourth-order valence-electron chi connectivity index (χ4n) is 3.89. The van der Waals surface area contributed by atoms with Gasteiger partial charge in [0.2, 0.25) is 0 Å². The van der Waals surface area contributed by atoms with Gasteiger partial charge in [-0.25, -0.2) is 0 Å². The first kappa shape index (κ1) is 26.1. The third-order valence-electron chi connectivity index (χ3n) is 5.73. The number of aromatic nitrogens is 1. The minimum absolute atomic E-state index is 0. The van der Waals surface area contributed by atoms with Crippen LogP contribution in [-0.4, -0.2) is 30.1 Å². The Hall–Kier alpha value is -2.47. The van der Waals surface area contributed by atoms with E-state index in [-0.39, 0.29) is 67.4 Å². The first-order valence-corrected chi connectivity index (χ1v) is 11.0. The Labute approximate surface area is 241 Å². The van der Waals surface area contributed by atoms with Gasteiger partial charge >= 0.3 is 0 Å². The molecule has 4 aromatic rings. The number of benzene rings is 3. The van der Waals surface area contributed by atoms with Gasteiger partial charge in [-0.15, -0.1) is 0 Å². The van der Waals surface area contributed by atoms with E-state index in [9.17, 15) is 9.59 Å². The van der Waals surface area contributed by atoms with Crippen molar-refractivity contribution in [2.24, 2.45) is 0 Å². The van der Waals surface area contributed by atoms with Crippen LogP contribution in [0.5, 0.6) is 0 Å². The van der Waals surface area contributed by atoms with Gasteiger partial charge in [-0.05, 0) is 24.6 Å². The van der Waals surface area contributed by atoms with Crippen molar-refractivity contribution in [2.45, 2.75) is 13.3 Å². The summed E-state index contributed by atoms with van der Waals surface area (Å²) in [6.07, 6.45) is 6.18. The van der Waals surface area contributed by atoms with Crippen LogP contribution in [0.2, 0.25) is 0 Å². The molecule has 4 nitrogen and oxygen atoms in total. The number of hydrogen-bond donors (Lipinski definition) is 0. The molecule has 0 aliphatic carbocycles. The number of rotatable bonds is 4. The number of hydrogen-bond acceptors (Lipinski definition) is 4. The van der Waals surface area contributed by atoms with Crippen LogP contribution in [0, 0.1) is 56.3 Å². The average Bonchev–Trinajstić information content (AvgIpc) is 2.86. The fraction of sp³-hybridized carbons (Fsp3) is 0.138. The number of ketones is 2. The molecule has 171 valence electrons. The van der Waals surface area contributed by atoms with Gasteiger partial charge in [-0.1, -0.05) is 78.9 Å². The van der Waals surface area contributed by atoms with Gasteiger partial charge in [0.05, 0.1) is 11.9 Å². The molecule has 0 saturated heterocycles. The number of anilines is 1. The Morgan fingerprint density at radius 3 is 2.03 bits per heavy atom. The quantitative estimate of drug-likeness (QED) is 0.213. The molecule has 3 aromatic carbocycles. The third kappa shape index (κ3) is 6.15. The predicted molar refractivity (Wildman–Crippen MR) is 135 cm³/mol. The molecule has 0 unspecified atom stereocenters. The van der Waals surface area contributed by atoms with Gasteiger partial charge < -0.3 is 4.90 Å². The van der Waals surface area contributed by atoms with Crippen LogP contribution < -0.4 is 4.90 Å². The van der Waals surface area contributed by atoms with Crippen molar-refractivity contribution < 1.29 is 59.0 Å². The maximum atomic E-state index is 11.8. The van der Waals surface area contributed by atoms with Gasteiger partial charge in [-0.3, -0.25) is 14.6 Å². The van der Waals surface area contributed by atoms with Crippen molar-refractivity contribution in [1.29, 1.82) is 0 Å². The van der Waals surface area contributed by atoms with Crippen LogP contribution >= 0.6 is 0 Å². The van der Waals surface area contributed by atoms with Crippen LogP contribution in [-0.2, 0) is 0 Å². The molecule has 0 atom stereocenters. The normalized spacial score (nSPS) is 11.6. The predicted octanol–water partition coefficient (Wildman–Crippen LogP) is 6.15. The maximum Gasteiger partial charge on any atom is 0.170 e. The summed E-state index contributed by atoms with van der Waals surface area (Å²) in [6, 6.07) is 24.2. The van der Waals surface area contributed by atoms with E-state index in [4.69, 9.17) is 0 Å². The summed E-state index contributed by atoms with van der Waals surface area (Å²) in [5.41, 5.74) is 6.08. The molecule has 2 heterocycles. The van der Waals surface area contributed by atoms with Crippen molar-refractivity contribution in [3.05, 3.63) is 113 Å². The number of likely N-dealkylation sites (N-methyl/N-ethyl adjacent to an activating group) is 1. The molecule has 0 spiro atoms. The molecule has 1 aromatic heterocycles. The molecule has 34 heavy (non-hydrogen) atoms. The fourth-order valence-corrected chi connectivity index (χ4v) is 3.89. The number of aryl methyl sites for hydroxylation is 1. The van der Waals surface area contributed by atoms with Crippen LogP contribution in [0.1, 0.15) is 38.3 Å². The van der Waals surface area contributed by atoms with Crippen molar-refractivity contribution >= 4 is 34.2 Å². The summed E-state index contributed by atoms with van der Waals surface area (Å²) >= 11 is 0. The van der Waals surface area contributed by atoms with Crippen molar-refractivity contribution in [2.75, 3.05) is 18.5 Å². The van der Waals surface area contributed by atoms with E-state index in [0.717, 1.165) is 12.1 Å². The number of carbonyl (C=O) groups excluding carboxylic acids is 2. The van der Waals surface area contributed by atoms with Crippen molar-refractivity contribution in [3.8, 4) is 0 Å². The SMILES string of the molecule is Cc1ccnc2c3c(ccc12)N(C)CC=C3.O=C(CC(=O)c1ccccc1)c1ccccc1.[Eu]. The van der Waals surface area contributed by atoms with Crippen LogP contribution in [0.25, 0.3) is 17.0 Å². The van der Waals surface area contributed by atoms with Gasteiger partial charge in [0.1, 0.15) is 0 Å². The molecule has 1 aliphatic heterocycles. The Balaban J connectivity index is 0.000000185. The Morgan fingerprint density at radius 2 is 1.44 bits per heavy atom. The van der Waals surface area contributed by atoms with E-state index in [1.807, 2.05) is 18.3 Å². The summed E-state index contributed by atoms with van der Waals surface area (Å²) < 4.78 is 0. The van der Waals surface area contributed by atoms with E-state index in [1.165, 1.54) is 22.2 Å². The molecule has 0 saturated carbocycles. The molecular weight excluding hydrogens is 560 g/mol. The van der Waals surface area contributed by atoms with Gasteiger partial charge in [-0.2, -0.15) is 0 Å². The van der Waals surface area contributed by atoms with Crippen LogP contribution in [0.3, 0.4) is 0 Å². The van der Waals surface area contributed by atoms with Crippen LogP contribution in [0.4, 0.5) is 5.69 Å². The Morgan fingerprint density at radius 1 is 0.853 bits per heavy atom. The monoisotopic (exact) mass is 587 g/mol. The molecule has 5 heteroatoms. The summed E-state index contributed by atoms with van der Waals surface area (Å²) in [5, 5.41) is 1.25. The van der Waals surface area contributed by atoms with Crippen LogP contribution in [0.15, 0.2) is 91.1 Å². The Bertz CT molecular complexity index is 1270. The number of nitrogens with zero attached hydrogens (tertiary/aromatic N) is 2. The minimum Gasteiger partial charge on any atom is -0.370 e. The Kier molecular flexibility index (Phi) is 9.46. The van der Waals surface area contributed by atoms with E-state index in [1.54, 1.807) is 48.5 Å². The smallest absolute Gasteiger partial charge is 0.170 e. The number of pyridine rings is 1. The molecule has 5 rings (SSSR count). The summed E-state index contributed by atoms with van der Waals surface area (Å²) in [6.45, 7) is 3.11. The topological polar surface area (TPSA) is 50.3 Å². The summed E-state index contributed by atoms with van der Waals surface area (Å²) in [7, 11) is 2.12. The standard InChI is InChI=1S/C15H12O2.C14H14N2.Eu/c16-14(12-7-3-1-4-8-12)11-15(17)13-9-5-2-6-10-13;1-10-7-8-15-14-11(10)5-6-13-12(14)4-3-9-16(13)2;/h1-10H,11H2;3-8H,9H2,1-2H3;. The second kappa shape index (κ2) is 12.3. The first-order valence-electron chi connectivity index (χ1n) is 11.0. The first-order chi connectivity index (χ1) is 16.0. The number of Topliss-reactive ketones (excluding diaryl/α,β-unsaturated/α-hetero) is 2. The molecule has 1 radical (unpaired) electrons. The molecular formula is C29H26EuN2O2. The summed E-state index contributed by atoms with van der Waals surface area (Å²) in [4.78, 5) is 30.4. The molecule has 0 bridgehead atoms. The third-order valence-corrected chi connectivity index (χ3v) is 5.73. The van der Waals surface area contributed by atoms with Gasteiger partial charge in [0.25, 0.3) is 0 Å². The van der Waals surface area contributed by atoms with E-state index >= 15 is 0 Å². The summed E-state index contributed by atoms with van der Waals surface area (Å²) in [5.74, 6) is -0.279. The largest absolute Gasteiger partial charge is 0.370 e. The van der Waals surface area contributed by atoms with Gasteiger partial charge in [0.15, 0.2) is 11.6 Å². The molecule has 1 aliphatic rings. The van der Waals surface area contributed by atoms with E-state index in [2.05, 4.69) is 54.2 Å². The van der Waals surface area contributed by atoms with Crippen molar-refractivity contribution in [1.82, 2.24) is 4.98 Å². The molecule has 0 amide bonds. The number of fused-ring (bicyclic) bond motifs is 3. The minimum atomic E-state index is -0.139. The average molecular weight is 587 g/mol. The zero-order valence-corrected chi connectivity index (χ0v) is 21.7. The zero-order valence-electron chi connectivity index (χ0n) is 19.2. The molecule has 0 N–H and O–H groups in total. The second-order valence-electron chi connectivity index (χ2n) is 8.06.